The predicted octanol–water partition coefficient (Wildman–Crippen LogP) is 6.79. The maximum atomic E-state index is 6.42. The molecule has 2 nitrogen and oxygen atoms in total. The Balaban J connectivity index is 1.27. The van der Waals surface area contributed by atoms with Crippen molar-refractivity contribution in [3.8, 4) is 5.75 Å². The second-order valence-electron chi connectivity index (χ2n) is 10.6. The highest BCUT2D eigenvalue weighted by molar-refractivity contribution is 5.87. The Morgan fingerprint density at radius 1 is 0.871 bits per heavy atom. The van der Waals surface area contributed by atoms with Crippen LogP contribution < -0.4 is 10.1 Å². The number of ether oxygens (including phenoxy) is 1. The molecule has 0 atom stereocenters. The monoisotopic (exact) mass is 411 g/mol. The fourth-order valence-corrected chi connectivity index (χ4v) is 7.20. The lowest BCUT2D eigenvalue weighted by Crippen LogP contribution is -2.58. The molecule has 7 rings (SSSR count). The molecule has 0 spiro atoms. The van der Waals surface area contributed by atoms with Crippen LogP contribution in [0.5, 0.6) is 5.75 Å². The average Bonchev–Trinajstić information content (AvgIpc) is 2.75. The largest absolute Gasteiger partial charge is 0.489 e. The van der Waals surface area contributed by atoms with Gasteiger partial charge in [0.1, 0.15) is 12.4 Å². The smallest absolute Gasteiger partial charge is 0.124 e. The van der Waals surface area contributed by atoms with E-state index in [0.717, 1.165) is 30.0 Å². The molecule has 0 radical (unpaired) electrons. The summed E-state index contributed by atoms with van der Waals surface area (Å²) in [7, 11) is 0. The maximum absolute atomic E-state index is 6.42. The fraction of sp³-hybridized carbons (Fsp3) is 0.448. The van der Waals surface area contributed by atoms with Crippen molar-refractivity contribution in [2.75, 3.05) is 0 Å². The molecule has 4 saturated carbocycles. The first-order chi connectivity index (χ1) is 15.2. The van der Waals surface area contributed by atoms with Crippen molar-refractivity contribution < 1.29 is 4.74 Å². The molecule has 0 saturated heterocycles. The number of rotatable bonds is 6. The topological polar surface area (TPSA) is 21.3 Å². The maximum Gasteiger partial charge on any atom is 0.124 e. The Labute approximate surface area is 186 Å². The van der Waals surface area contributed by atoms with E-state index in [2.05, 4.69) is 72.9 Å². The van der Waals surface area contributed by atoms with Crippen LogP contribution in [0.2, 0.25) is 0 Å². The third-order valence-corrected chi connectivity index (χ3v) is 8.15. The minimum atomic E-state index is 0.361. The van der Waals surface area contributed by atoms with E-state index in [1.54, 1.807) is 0 Å². The van der Waals surface area contributed by atoms with Crippen LogP contribution in [0.25, 0.3) is 10.8 Å². The number of nitrogens with one attached hydrogen (secondary N) is 1. The lowest BCUT2D eigenvalue weighted by molar-refractivity contribution is -0.0206. The summed E-state index contributed by atoms with van der Waals surface area (Å²) in [4.78, 5) is 0. The average molecular weight is 412 g/mol. The van der Waals surface area contributed by atoms with Gasteiger partial charge in [-0.1, -0.05) is 60.2 Å². The van der Waals surface area contributed by atoms with Crippen molar-refractivity contribution in [3.63, 3.8) is 0 Å². The third-order valence-electron chi connectivity index (χ3n) is 8.15. The molecule has 0 heterocycles. The van der Waals surface area contributed by atoms with E-state index in [1.165, 1.54) is 66.0 Å². The first-order valence-electron chi connectivity index (χ1n) is 12.1. The molecule has 4 aliphatic carbocycles. The van der Waals surface area contributed by atoms with E-state index < -0.39 is 0 Å². The minimum absolute atomic E-state index is 0.361. The quantitative estimate of drug-likeness (QED) is 0.482. The lowest BCUT2D eigenvalue weighted by Gasteiger charge is -2.57. The van der Waals surface area contributed by atoms with Crippen LogP contribution >= 0.6 is 0 Å². The zero-order chi connectivity index (χ0) is 20.8. The van der Waals surface area contributed by atoms with E-state index >= 15 is 0 Å². The second-order valence-corrected chi connectivity index (χ2v) is 10.6. The van der Waals surface area contributed by atoms with E-state index in [9.17, 15) is 0 Å². The normalized spacial score (nSPS) is 28.9. The van der Waals surface area contributed by atoms with Gasteiger partial charge in [-0.2, -0.15) is 0 Å². The summed E-state index contributed by atoms with van der Waals surface area (Å²) in [5.41, 5.74) is 4.19. The molecular formula is C29H33NO. The zero-order valence-electron chi connectivity index (χ0n) is 18.6. The highest BCUT2D eigenvalue weighted by Crippen LogP contribution is 2.55. The molecule has 4 fully saturated rings. The van der Waals surface area contributed by atoms with Gasteiger partial charge in [0.2, 0.25) is 0 Å². The molecule has 0 unspecified atom stereocenters. The SMILES string of the molecule is Cc1cccc(COc2ccc3ccccc3c2CNC23CC4CC(CC(C4)C2)C3)c1. The highest BCUT2D eigenvalue weighted by Gasteiger charge is 2.50. The Bertz CT molecular complexity index is 1070. The molecule has 0 aromatic heterocycles. The van der Waals surface area contributed by atoms with Gasteiger partial charge in [0, 0.05) is 17.6 Å². The van der Waals surface area contributed by atoms with Gasteiger partial charge in [-0.05, 0) is 85.6 Å². The summed E-state index contributed by atoms with van der Waals surface area (Å²) < 4.78 is 6.42. The van der Waals surface area contributed by atoms with Gasteiger partial charge in [0.25, 0.3) is 0 Å². The van der Waals surface area contributed by atoms with Crippen LogP contribution in [0, 0.1) is 24.7 Å². The minimum Gasteiger partial charge on any atom is -0.489 e. The second kappa shape index (κ2) is 7.67. The first kappa shape index (κ1) is 19.4. The zero-order valence-corrected chi connectivity index (χ0v) is 18.6. The summed E-state index contributed by atoms with van der Waals surface area (Å²) in [5.74, 6) is 3.91. The van der Waals surface area contributed by atoms with Crippen molar-refractivity contribution in [3.05, 3.63) is 77.4 Å². The van der Waals surface area contributed by atoms with Gasteiger partial charge in [-0.3, -0.25) is 0 Å². The van der Waals surface area contributed by atoms with Crippen LogP contribution in [0.3, 0.4) is 0 Å². The molecule has 1 N–H and O–H groups in total. The molecule has 3 aromatic rings. The number of aryl methyl sites for hydroxylation is 1. The molecule has 4 aliphatic rings. The first-order valence-corrected chi connectivity index (χ1v) is 12.1. The molecule has 160 valence electrons. The molecule has 0 amide bonds. The predicted molar refractivity (Wildman–Crippen MR) is 127 cm³/mol. The number of fused-ring (bicyclic) bond motifs is 1. The molecule has 0 aliphatic heterocycles. The van der Waals surface area contributed by atoms with Gasteiger partial charge < -0.3 is 10.1 Å². The van der Waals surface area contributed by atoms with Crippen molar-refractivity contribution in [1.82, 2.24) is 5.32 Å². The molecular weight excluding hydrogens is 378 g/mol. The van der Waals surface area contributed by atoms with Crippen molar-refractivity contribution in [1.29, 1.82) is 0 Å². The number of hydrogen-bond acceptors (Lipinski definition) is 2. The van der Waals surface area contributed by atoms with Crippen LogP contribution in [-0.4, -0.2) is 5.54 Å². The molecule has 3 aromatic carbocycles. The van der Waals surface area contributed by atoms with Gasteiger partial charge in [-0.15, -0.1) is 0 Å². The van der Waals surface area contributed by atoms with Gasteiger partial charge >= 0.3 is 0 Å². The molecule has 2 heteroatoms. The van der Waals surface area contributed by atoms with Crippen LogP contribution in [0.1, 0.15) is 55.2 Å². The van der Waals surface area contributed by atoms with Crippen LogP contribution in [0.4, 0.5) is 0 Å². The Hall–Kier alpha value is -2.32. The van der Waals surface area contributed by atoms with Crippen LogP contribution in [0.15, 0.2) is 60.7 Å². The standard InChI is InChI=1S/C29H33NO/c1-20-5-4-6-21(11-20)19-31-28-10-9-25-7-2-3-8-26(25)27(28)18-30-29-15-22-12-23(16-29)14-24(13-22)17-29/h2-11,22-24,30H,12-19H2,1H3. The van der Waals surface area contributed by atoms with Crippen molar-refractivity contribution in [2.45, 2.75) is 64.1 Å². The van der Waals surface area contributed by atoms with E-state index in [4.69, 9.17) is 4.74 Å². The Morgan fingerprint density at radius 3 is 2.35 bits per heavy atom. The molecule has 4 bridgehead atoms. The lowest BCUT2D eigenvalue weighted by atomic mass is 9.53. The Kier molecular flexibility index (Phi) is 4.79. The van der Waals surface area contributed by atoms with Crippen molar-refractivity contribution >= 4 is 10.8 Å². The molecule has 31 heavy (non-hydrogen) atoms. The van der Waals surface area contributed by atoms with Gasteiger partial charge in [0.05, 0.1) is 0 Å². The summed E-state index contributed by atoms with van der Waals surface area (Å²) in [5, 5.41) is 6.72. The Morgan fingerprint density at radius 2 is 1.61 bits per heavy atom. The van der Waals surface area contributed by atoms with Crippen LogP contribution in [-0.2, 0) is 13.2 Å². The van der Waals surface area contributed by atoms with Gasteiger partial charge in [-0.25, -0.2) is 0 Å². The number of benzene rings is 3. The number of hydrogen-bond donors (Lipinski definition) is 1. The fourth-order valence-electron chi connectivity index (χ4n) is 7.20. The van der Waals surface area contributed by atoms with Crippen molar-refractivity contribution in [2.24, 2.45) is 17.8 Å². The highest BCUT2D eigenvalue weighted by atomic mass is 16.5. The van der Waals surface area contributed by atoms with E-state index in [-0.39, 0.29) is 0 Å². The summed E-state index contributed by atoms with van der Waals surface area (Å²) in [6.07, 6.45) is 8.59. The van der Waals surface area contributed by atoms with E-state index in [0.29, 0.717) is 12.1 Å². The summed E-state index contributed by atoms with van der Waals surface area (Å²) in [6, 6.07) is 21.8. The summed E-state index contributed by atoms with van der Waals surface area (Å²) in [6.45, 7) is 3.65. The summed E-state index contributed by atoms with van der Waals surface area (Å²) >= 11 is 0. The van der Waals surface area contributed by atoms with E-state index in [1.807, 2.05) is 0 Å². The van der Waals surface area contributed by atoms with Gasteiger partial charge in [0.15, 0.2) is 0 Å². The third kappa shape index (κ3) is 3.76.